The molecular formula is C21H14N2O2S. The second-order valence-electron chi connectivity index (χ2n) is 6.12. The number of nitrogens with one attached hydrogen (secondary N) is 1. The van der Waals surface area contributed by atoms with Gasteiger partial charge in [0.1, 0.15) is 0 Å². The zero-order chi connectivity index (χ0) is 17.5. The van der Waals surface area contributed by atoms with E-state index in [1.807, 2.05) is 35.7 Å². The van der Waals surface area contributed by atoms with Gasteiger partial charge >= 0.3 is 5.97 Å². The van der Waals surface area contributed by atoms with E-state index in [4.69, 9.17) is 4.74 Å². The smallest absolute Gasteiger partial charge is 0.340 e. The number of aromatic nitrogens is 1. The van der Waals surface area contributed by atoms with E-state index in [1.54, 1.807) is 6.07 Å². The van der Waals surface area contributed by atoms with Crippen LogP contribution in [0.4, 0.5) is 5.13 Å². The second-order valence-corrected chi connectivity index (χ2v) is 6.97. The molecule has 1 aliphatic rings. The number of nitrogens with zero attached hydrogens (tertiary/aromatic N) is 1. The molecule has 0 spiro atoms. The van der Waals surface area contributed by atoms with Crippen molar-refractivity contribution in [3.05, 3.63) is 83.2 Å². The predicted octanol–water partition coefficient (Wildman–Crippen LogP) is 5.24. The topological polar surface area (TPSA) is 51.2 Å². The number of benzene rings is 3. The molecule has 0 unspecified atom stereocenters. The van der Waals surface area contributed by atoms with Crippen LogP contribution < -0.4 is 5.32 Å². The highest BCUT2D eigenvalue weighted by molar-refractivity contribution is 7.14. The lowest BCUT2D eigenvalue weighted by atomic mass is 10.1. The van der Waals surface area contributed by atoms with Crippen LogP contribution in [0.2, 0.25) is 0 Å². The van der Waals surface area contributed by atoms with Gasteiger partial charge in [-0.15, -0.1) is 11.3 Å². The lowest BCUT2D eigenvalue weighted by Gasteiger charge is -2.11. The summed E-state index contributed by atoms with van der Waals surface area (Å²) in [4.78, 5) is 16.6. The molecule has 1 atom stereocenters. The monoisotopic (exact) mass is 358 g/mol. The second kappa shape index (κ2) is 5.97. The Labute approximate surface area is 154 Å². The fourth-order valence-corrected chi connectivity index (χ4v) is 3.92. The van der Waals surface area contributed by atoms with Crippen molar-refractivity contribution < 1.29 is 9.53 Å². The molecule has 5 heteroatoms. The molecule has 0 radical (unpaired) electrons. The lowest BCUT2D eigenvalue weighted by Crippen LogP contribution is -2.09. The van der Waals surface area contributed by atoms with Crippen molar-refractivity contribution in [3.63, 3.8) is 0 Å². The number of fused-ring (bicyclic) bond motifs is 2. The molecule has 26 heavy (non-hydrogen) atoms. The van der Waals surface area contributed by atoms with Crippen LogP contribution in [0.25, 0.3) is 22.0 Å². The zero-order valence-corrected chi connectivity index (χ0v) is 14.5. The van der Waals surface area contributed by atoms with E-state index in [0.29, 0.717) is 5.56 Å². The average Bonchev–Trinajstić information content (AvgIpc) is 3.27. The minimum absolute atomic E-state index is 0.301. The van der Waals surface area contributed by atoms with Gasteiger partial charge in [0.25, 0.3) is 0 Å². The van der Waals surface area contributed by atoms with Crippen LogP contribution in [-0.4, -0.2) is 11.0 Å². The number of anilines is 1. The van der Waals surface area contributed by atoms with Crippen molar-refractivity contribution in [2.24, 2.45) is 0 Å². The van der Waals surface area contributed by atoms with Gasteiger partial charge in [-0.2, -0.15) is 0 Å². The van der Waals surface area contributed by atoms with Crippen molar-refractivity contribution >= 4 is 33.2 Å². The first-order valence-corrected chi connectivity index (χ1v) is 9.17. The van der Waals surface area contributed by atoms with Gasteiger partial charge in [0.15, 0.2) is 5.13 Å². The SMILES string of the molecule is O=C1O[C@@H](Nc2nc(-c3ccc4ccccc4c3)cs2)c2ccccc21. The molecule has 126 valence electrons. The Morgan fingerprint density at radius 1 is 0.962 bits per heavy atom. The van der Waals surface area contributed by atoms with Gasteiger partial charge in [-0.3, -0.25) is 0 Å². The number of cyclic esters (lactones) is 1. The molecule has 2 heterocycles. The number of hydrogen-bond donors (Lipinski definition) is 1. The lowest BCUT2D eigenvalue weighted by molar-refractivity contribution is 0.0437. The molecule has 0 aliphatic carbocycles. The van der Waals surface area contributed by atoms with Crippen molar-refractivity contribution in [1.29, 1.82) is 0 Å². The third-order valence-electron chi connectivity index (χ3n) is 4.49. The van der Waals surface area contributed by atoms with Gasteiger partial charge < -0.3 is 10.1 Å². The maximum Gasteiger partial charge on any atom is 0.340 e. The molecule has 0 saturated carbocycles. The third kappa shape index (κ3) is 2.53. The van der Waals surface area contributed by atoms with Gasteiger partial charge in [0.2, 0.25) is 6.23 Å². The molecule has 4 nitrogen and oxygen atoms in total. The summed E-state index contributed by atoms with van der Waals surface area (Å²) < 4.78 is 5.42. The average molecular weight is 358 g/mol. The summed E-state index contributed by atoms with van der Waals surface area (Å²) in [7, 11) is 0. The quantitative estimate of drug-likeness (QED) is 0.509. The Morgan fingerprint density at radius 2 is 1.77 bits per heavy atom. The molecule has 0 fully saturated rings. The van der Waals surface area contributed by atoms with Crippen LogP contribution in [-0.2, 0) is 4.74 Å². The van der Waals surface area contributed by atoms with E-state index in [1.165, 1.54) is 22.1 Å². The van der Waals surface area contributed by atoms with Crippen molar-refractivity contribution in [1.82, 2.24) is 4.98 Å². The summed E-state index contributed by atoms with van der Waals surface area (Å²) in [6.45, 7) is 0. The highest BCUT2D eigenvalue weighted by Gasteiger charge is 2.30. The molecule has 4 aromatic rings. The summed E-state index contributed by atoms with van der Waals surface area (Å²) in [5.74, 6) is -0.301. The highest BCUT2D eigenvalue weighted by atomic mass is 32.1. The molecule has 5 rings (SSSR count). The molecule has 0 amide bonds. The maximum atomic E-state index is 11.9. The standard InChI is InChI=1S/C21H14N2O2S/c24-20-17-8-4-3-7-16(17)19(25-20)23-21-22-18(12-26-21)15-10-9-13-5-1-2-6-14(13)11-15/h1-12,19H,(H,22,23)/t19-/m1/s1. The summed E-state index contributed by atoms with van der Waals surface area (Å²) in [5.41, 5.74) is 3.42. The number of carbonyl (C=O) groups excluding carboxylic acids is 1. The first-order chi connectivity index (χ1) is 12.8. The number of thiazole rings is 1. The molecule has 1 aliphatic heterocycles. The van der Waals surface area contributed by atoms with E-state index in [9.17, 15) is 4.79 Å². The largest absolute Gasteiger partial charge is 0.434 e. The van der Waals surface area contributed by atoms with Gasteiger partial charge in [-0.1, -0.05) is 54.6 Å². The molecule has 0 bridgehead atoms. The van der Waals surface area contributed by atoms with Crippen molar-refractivity contribution in [2.75, 3.05) is 5.32 Å². The van der Waals surface area contributed by atoms with Gasteiger partial charge in [0, 0.05) is 16.5 Å². The Hall–Kier alpha value is -3.18. The molecule has 1 N–H and O–H groups in total. The number of esters is 1. The number of rotatable bonds is 3. The first kappa shape index (κ1) is 15.1. The summed E-state index contributed by atoms with van der Waals surface area (Å²) in [6.07, 6.45) is -0.491. The van der Waals surface area contributed by atoms with Crippen molar-refractivity contribution in [2.45, 2.75) is 6.23 Å². The van der Waals surface area contributed by atoms with Crippen LogP contribution in [0, 0.1) is 0 Å². The minimum Gasteiger partial charge on any atom is -0.434 e. The first-order valence-electron chi connectivity index (χ1n) is 8.29. The Kier molecular flexibility index (Phi) is 3.47. The van der Waals surface area contributed by atoms with Crippen LogP contribution in [0.1, 0.15) is 22.1 Å². The normalized spacial score (nSPS) is 15.7. The van der Waals surface area contributed by atoms with Crippen LogP contribution >= 0.6 is 11.3 Å². The highest BCUT2D eigenvalue weighted by Crippen LogP contribution is 2.34. The predicted molar refractivity (Wildman–Crippen MR) is 103 cm³/mol. The summed E-state index contributed by atoms with van der Waals surface area (Å²) >= 11 is 1.50. The summed E-state index contributed by atoms with van der Waals surface area (Å²) in [5, 5.41) is 8.35. The van der Waals surface area contributed by atoms with E-state index >= 15 is 0 Å². The van der Waals surface area contributed by atoms with Gasteiger partial charge in [-0.25, -0.2) is 9.78 Å². The Balaban J connectivity index is 1.43. The third-order valence-corrected chi connectivity index (χ3v) is 5.27. The fraction of sp³-hybridized carbons (Fsp3) is 0.0476. The number of hydrogen-bond acceptors (Lipinski definition) is 5. The number of carbonyl (C=O) groups is 1. The Bertz CT molecular complexity index is 1140. The fourth-order valence-electron chi connectivity index (χ4n) is 3.19. The Morgan fingerprint density at radius 3 is 2.69 bits per heavy atom. The van der Waals surface area contributed by atoms with Crippen LogP contribution in [0.3, 0.4) is 0 Å². The van der Waals surface area contributed by atoms with E-state index in [2.05, 4.69) is 40.6 Å². The van der Waals surface area contributed by atoms with E-state index in [-0.39, 0.29) is 5.97 Å². The maximum absolute atomic E-state index is 11.9. The van der Waals surface area contributed by atoms with Gasteiger partial charge in [-0.05, 0) is 22.9 Å². The van der Waals surface area contributed by atoms with Gasteiger partial charge in [0.05, 0.1) is 11.3 Å². The van der Waals surface area contributed by atoms with Crippen LogP contribution in [0.15, 0.2) is 72.1 Å². The minimum atomic E-state index is -0.491. The number of ether oxygens (including phenoxy) is 1. The molecule has 1 aromatic heterocycles. The van der Waals surface area contributed by atoms with Crippen LogP contribution in [0.5, 0.6) is 0 Å². The van der Waals surface area contributed by atoms with E-state index < -0.39 is 6.23 Å². The van der Waals surface area contributed by atoms with Crippen molar-refractivity contribution in [3.8, 4) is 11.3 Å². The van der Waals surface area contributed by atoms with E-state index in [0.717, 1.165) is 22.0 Å². The molecular weight excluding hydrogens is 344 g/mol. The molecule has 3 aromatic carbocycles. The summed E-state index contributed by atoms with van der Waals surface area (Å²) in [6, 6.07) is 22.0. The molecule has 0 saturated heterocycles. The zero-order valence-electron chi connectivity index (χ0n) is 13.7.